The Morgan fingerprint density at radius 1 is 1.16 bits per heavy atom. The van der Waals surface area contributed by atoms with E-state index in [1.807, 2.05) is 28.8 Å². The van der Waals surface area contributed by atoms with Crippen LogP contribution < -0.4 is 15.0 Å². The SMILES string of the molecule is COc1ccc2cc3n(c2c1)C[C@@](C)(C(=O)NC1CCCC1)N(c1cccc(F)c1)C3=O. The van der Waals surface area contributed by atoms with Crippen molar-refractivity contribution in [1.82, 2.24) is 9.88 Å². The summed E-state index contributed by atoms with van der Waals surface area (Å²) in [6, 6.07) is 13.4. The van der Waals surface area contributed by atoms with Gasteiger partial charge in [0.1, 0.15) is 22.8 Å². The number of carbonyl (C=O) groups is 2. The second kappa shape index (κ2) is 7.65. The van der Waals surface area contributed by atoms with Gasteiger partial charge in [-0.15, -0.1) is 0 Å². The van der Waals surface area contributed by atoms with Crippen molar-refractivity contribution in [2.75, 3.05) is 12.0 Å². The highest BCUT2D eigenvalue weighted by molar-refractivity contribution is 6.14. The summed E-state index contributed by atoms with van der Waals surface area (Å²) in [5.74, 6) is -0.335. The van der Waals surface area contributed by atoms with Crippen LogP contribution >= 0.6 is 0 Å². The summed E-state index contributed by atoms with van der Waals surface area (Å²) >= 11 is 0. The predicted molar refractivity (Wildman–Crippen MR) is 121 cm³/mol. The number of aromatic nitrogens is 1. The minimum atomic E-state index is -1.23. The quantitative estimate of drug-likeness (QED) is 0.666. The molecule has 6 nitrogen and oxygen atoms in total. The maximum atomic E-state index is 14.1. The molecule has 1 N–H and O–H groups in total. The highest BCUT2D eigenvalue weighted by atomic mass is 19.1. The van der Waals surface area contributed by atoms with Gasteiger partial charge in [-0.05, 0) is 56.2 Å². The first-order valence-electron chi connectivity index (χ1n) is 11.0. The number of rotatable bonds is 4. The molecule has 1 aliphatic carbocycles. The molecular formula is C25H26FN3O3. The van der Waals surface area contributed by atoms with E-state index in [0.29, 0.717) is 17.1 Å². The number of methoxy groups -OCH3 is 1. The number of nitrogens with zero attached hydrogens (tertiary/aromatic N) is 2. The van der Waals surface area contributed by atoms with Crippen LogP contribution in [0.2, 0.25) is 0 Å². The zero-order chi connectivity index (χ0) is 22.5. The summed E-state index contributed by atoms with van der Waals surface area (Å²) < 4.78 is 21.4. The lowest BCUT2D eigenvalue weighted by atomic mass is 9.93. The van der Waals surface area contributed by atoms with Crippen molar-refractivity contribution in [3.8, 4) is 5.75 Å². The minimum absolute atomic E-state index is 0.103. The summed E-state index contributed by atoms with van der Waals surface area (Å²) in [4.78, 5) is 28.9. The molecule has 1 fully saturated rings. The maximum absolute atomic E-state index is 14.1. The molecule has 5 rings (SSSR count). The molecule has 1 atom stereocenters. The summed E-state index contributed by atoms with van der Waals surface area (Å²) in [5, 5.41) is 4.04. The Kier molecular flexibility index (Phi) is 4.92. The summed E-state index contributed by atoms with van der Waals surface area (Å²) in [6.07, 6.45) is 4.04. The molecule has 0 bridgehead atoms. The van der Waals surface area contributed by atoms with Crippen LogP contribution in [0, 0.1) is 5.82 Å². The largest absolute Gasteiger partial charge is 0.497 e. The third kappa shape index (κ3) is 3.23. The molecule has 2 amide bonds. The molecular weight excluding hydrogens is 409 g/mol. The van der Waals surface area contributed by atoms with Gasteiger partial charge in [-0.1, -0.05) is 18.9 Å². The Morgan fingerprint density at radius 2 is 1.94 bits per heavy atom. The fourth-order valence-corrected chi connectivity index (χ4v) is 5.03. The van der Waals surface area contributed by atoms with Crippen LogP contribution in [0.4, 0.5) is 10.1 Å². The van der Waals surface area contributed by atoms with E-state index >= 15 is 0 Å². The number of anilines is 1. The van der Waals surface area contributed by atoms with Gasteiger partial charge in [0.05, 0.1) is 19.2 Å². The number of halogens is 1. The summed E-state index contributed by atoms with van der Waals surface area (Å²) in [5.41, 5.74) is 0.429. The van der Waals surface area contributed by atoms with Crippen molar-refractivity contribution >= 4 is 28.4 Å². The van der Waals surface area contributed by atoms with Gasteiger partial charge in [0.15, 0.2) is 0 Å². The van der Waals surface area contributed by atoms with E-state index in [9.17, 15) is 14.0 Å². The number of amides is 2. The van der Waals surface area contributed by atoms with Crippen LogP contribution in [0.15, 0.2) is 48.5 Å². The third-order valence-corrected chi connectivity index (χ3v) is 6.74. The summed E-state index contributed by atoms with van der Waals surface area (Å²) in [7, 11) is 1.59. The monoisotopic (exact) mass is 435 g/mol. The van der Waals surface area contributed by atoms with Crippen LogP contribution in [-0.4, -0.2) is 35.1 Å². The molecule has 1 aliphatic heterocycles. The lowest BCUT2D eigenvalue weighted by Crippen LogP contribution is -2.65. The molecule has 2 aromatic carbocycles. The topological polar surface area (TPSA) is 63.6 Å². The molecule has 0 unspecified atom stereocenters. The van der Waals surface area contributed by atoms with E-state index in [1.54, 1.807) is 26.2 Å². The molecule has 2 heterocycles. The van der Waals surface area contributed by atoms with Gasteiger partial charge in [0.25, 0.3) is 5.91 Å². The smallest absolute Gasteiger partial charge is 0.275 e. The van der Waals surface area contributed by atoms with Gasteiger partial charge in [-0.3, -0.25) is 14.5 Å². The van der Waals surface area contributed by atoms with Crippen molar-refractivity contribution in [2.45, 2.75) is 50.7 Å². The van der Waals surface area contributed by atoms with Gasteiger partial charge in [0, 0.05) is 23.2 Å². The molecule has 166 valence electrons. The van der Waals surface area contributed by atoms with E-state index < -0.39 is 11.4 Å². The first kappa shape index (κ1) is 20.5. The second-order valence-electron chi connectivity index (χ2n) is 8.89. The minimum Gasteiger partial charge on any atom is -0.497 e. The molecule has 7 heteroatoms. The predicted octanol–water partition coefficient (Wildman–Crippen LogP) is 4.27. The normalized spacial score (nSPS) is 21.1. The molecule has 3 aromatic rings. The van der Waals surface area contributed by atoms with E-state index in [-0.39, 0.29) is 24.4 Å². The van der Waals surface area contributed by atoms with Crippen LogP contribution in [0.5, 0.6) is 5.75 Å². The Labute approximate surface area is 186 Å². The van der Waals surface area contributed by atoms with E-state index in [1.165, 1.54) is 17.0 Å². The zero-order valence-corrected chi connectivity index (χ0v) is 18.2. The standard InChI is InChI=1S/C25H26FN3O3/c1-25(24(31)27-18-7-3-4-8-18)15-28-21-14-20(32-2)11-10-16(21)12-22(28)23(30)29(25)19-9-5-6-17(26)13-19/h5-6,9-14,18H,3-4,7-8,15H2,1-2H3,(H,27,31)/t25-/m0/s1. The number of carbonyl (C=O) groups excluding carboxylic acids is 2. The number of hydrogen-bond donors (Lipinski definition) is 1. The lowest BCUT2D eigenvalue weighted by molar-refractivity contribution is -0.127. The lowest BCUT2D eigenvalue weighted by Gasteiger charge is -2.44. The molecule has 2 aliphatic rings. The van der Waals surface area contributed by atoms with Crippen molar-refractivity contribution in [3.05, 3.63) is 60.0 Å². The molecule has 1 aromatic heterocycles. The highest BCUT2D eigenvalue weighted by Gasteiger charge is 2.49. The first-order valence-corrected chi connectivity index (χ1v) is 11.0. The number of fused-ring (bicyclic) bond motifs is 3. The maximum Gasteiger partial charge on any atom is 0.275 e. The number of ether oxygens (including phenoxy) is 1. The Bertz CT molecular complexity index is 1210. The average molecular weight is 435 g/mol. The first-order chi connectivity index (χ1) is 15.4. The van der Waals surface area contributed by atoms with Crippen LogP contribution in [0.25, 0.3) is 10.9 Å². The molecule has 0 spiro atoms. The molecule has 0 radical (unpaired) electrons. The zero-order valence-electron chi connectivity index (χ0n) is 18.2. The van der Waals surface area contributed by atoms with Crippen LogP contribution in [0.3, 0.4) is 0 Å². The fourth-order valence-electron chi connectivity index (χ4n) is 5.03. The van der Waals surface area contributed by atoms with Gasteiger partial charge in [0.2, 0.25) is 5.91 Å². The van der Waals surface area contributed by atoms with Crippen LogP contribution in [0.1, 0.15) is 43.1 Å². The Balaban J connectivity index is 1.65. The average Bonchev–Trinajstić information content (AvgIpc) is 3.41. The van der Waals surface area contributed by atoms with Crippen molar-refractivity contribution in [2.24, 2.45) is 0 Å². The highest BCUT2D eigenvalue weighted by Crippen LogP contribution is 2.37. The van der Waals surface area contributed by atoms with E-state index in [2.05, 4.69) is 5.32 Å². The number of benzene rings is 2. The number of nitrogens with one attached hydrogen (secondary N) is 1. The molecule has 32 heavy (non-hydrogen) atoms. The van der Waals surface area contributed by atoms with Gasteiger partial charge in [-0.2, -0.15) is 0 Å². The van der Waals surface area contributed by atoms with E-state index in [0.717, 1.165) is 36.6 Å². The Morgan fingerprint density at radius 3 is 2.66 bits per heavy atom. The van der Waals surface area contributed by atoms with Gasteiger partial charge in [-0.25, -0.2) is 4.39 Å². The van der Waals surface area contributed by atoms with Gasteiger partial charge < -0.3 is 14.6 Å². The molecule has 1 saturated carbocycles. The fraction of sp³-hybridized carbons (Fsp3) is 0.360. The van der Waals surface area contributed by atoms with Crippen LogP contribution in [-0.2, 0) is 11.3 Å². The van der Waals surface area contributed by atoms with Crippen molar-refractivity contribution in [3.63, 3.8) is 0 Å². The van der Waals surface area contributed by atoms with E-state index in [4.69, 9.17) is 4.74 Å². The summed E-state index contributed by atoms with van der Waals surface area (Å²) in [6.45, 7) is 2.01. The van der Waals surface area contributed by atoms with Gasteiger partial charge >= 0.3 is 0 Å². The third-order valence-electron chi connectivity index (χ3n) is 6.74. The number of hydrogen-bond acceptors (Lipinski definition) is 3. The van der Waals surface area contributed by atoms with Crippen molar-refractivity contribution < 1.29 is 18.7 Å². The van der Waals surface area contributed by atoms with Crippen molar-refractivity contribution in [1.29, 1.82) is 0 Å². The molecule has 0 saturated heterocycles. The Hall–Kier alpha value is -3.35. The second-order valence-corrected chi connectivity index (χ2v) is 8.89.